The Labute approximate surface area is 182 Å². The van der Waals surface area contributed by atoms with Gasteiger partial charge in [0.25, 0.3) is 5.56 Å². The third-order valence-corrected chi connectivity index (χ3v) is 5.55. The predicted molar refractivity (Wildman–Crippen MR) is 116 cm³/mol. The summed E-state index contributed by atoms with van der Waals surface area (Å²) < 4.78 is 21.5. The van der Waals surface area contributed by atoms with E-state index in [2.05, 4.69) is 15.3 Å². The zero-order chi connectivity index (χ0) is 22.2. The van der Waals surface area contributed by atoms with Crippen molar-refractivity contribution in [2.75, 3.05) is 13.7 Å². The summed E-state index contributed by atoms with van der Waals surface area (Å²) in [5, 5.41) is 13.4. The highest BCUT2D eigenvalue weighted by Gasteiger charge is 2.29. The Kier molecular flexibility index (Phi) is 5.12. The van der Waals surface area contributed by atoms with Crippen LogP contribution in [0.4, 0.5) is 4.39 Å². The number of β-amino-alcohol motifs (C(OH)–C–C–N with tert-alkyl or cyclic N) is 1. The first kappa shape index (κ1) is 20.2. The largest absolute Gasteiger partial charge is 0.467 e. The van der Waals surface area contributed by atoms with Crippen molar-refractivity contribution in [2.24, 2.45) is 0 Å². The molecule has 0 radical (unpaired) electrons. The van der Waals surface area contributed by atoms with Gasteiger partial charge in [-0.1, -0.05) is 18.2 Å². The van der Waals surface area contributed by atoms with Gasteiger partial charge < -0.3 is 15.2 Å². The van der Waals surface area contributed by atoms with E-state index in [4.69, 9.17) is 9.72 Å². The highest BCUT2D eigenvalue weighted by molar-refractivity contribution is 5.94. The number of aliphatic hydroxyl groups excluding tert-OH is 1. The summed E-state index contributed by atoms with van der Waals surface area (Å²) in [4.78, 5) is 26.7. The van der Waals surface area contributed by atoms with Crippen LogP contribution in [-0.4, -0.2) is 44.4 Å². The van der Waals surface area contributed by atoms with Crippen LogP contribution in [0.5, 0.6) is 6.01 Å². The van der Waals surface area contributed by atoms with E-state index in [0.717, 1.165) is 0 Å². The minimum Gasteiger partial charge on any atom is -0.467 e. The smallest absolute Gasteiger partial charge is 0.316 e. The first-order chi connectivity index (χ1) is 15.6. The molecule has 32 heavy (non-hydrogen) atoms. The molecule has 1 aliphatic rings. The molecule has 2 N–H and O–H groups in total. The highest BCUT2D eigenvalue weighted by atomic mass is 19.1. The lowest BCUT2D eigenvalue weighted by Gasteiger charge is -2.19. The Morgan fingerprint density at radius 2 is 1.91 bits per heavy atom. The quantitative estimate of drug-likeness (QED) is 0.509. The Bertz CT molecular complexity index is 1340. The molecule has 4 aromatic rings. The standard InChI is InChI=1S/C23H20FN5O3/c1-32-23-26-10-13(11-27-23)19-16(24)7-8-17-20(19)22(31)29(14-5-3-2-4-6-14)21(28-17)18-9-15(30)12-25-18/h2-8,10-11,15,18,25,30H,9,12H2,1H3/t15-,18-/m1/s1. The second-order valence-electron chi connectivity index (χ2n) is 7.57. The van der Waals surface area contributed by atoms with Gasteiger partial charge in [0.15, 0.2) is 0 Å². The van der Waals surface area contributed by atoms with Crippen molar-refractivity contribution >= 4 is 10.9 Å². The number of para-hydroxylation sites is 1. The van der Waals surface area contributed by atoms with Gasteiger partial charge in [-0.05, 0) is 30.7 Å². The van der Waals surface area contributed by atoms with Crippen LogP contribution in [0.3, 0.4) is 0 Å². The molecule has 162 valence electrons. The van der Waals surface area contributed by atoms with Crippen LogP contribution in [-0.2, 0) is 0 Å². The predicted octanol–water partition coefficient (Wildman–Crippen LogP) is 2.39. The van der Waals surface area contributed by atoms with Gasteiger partial charge in [0, 0.05) is 30.1 Å². The minimum atomic E-state index is -0.577. The fourth-order valence-electron chi connectivity index (χ4n) is 4.07. The molecular weight excluding hydrogens is 413 g/mol. The van der Waals surface area contributed by atoms with E-state index >= 15 is 4.39 Å². The van der Waals surface area contributed by atoms with Crippen molar-refractivity contribution in [3.05, 3.63) is 76.9 Å². The number of fused-ring (bicyclic) bond motifs is 1. The number of rotatable bonds is 4. The molecule has 5 rings (SSSR count). The lowest BCUT2D eigenvalue weighted by atomic mass is 10.0. The van der Waals surface area contributed by atoms with Crippen molar-refractivity contribution in [3.8, 4) is 22.8 Å². The normalized spacial score (nSPS) is 18.2. The second kappa shape index (κ2) is 8.10. The number of nitrogens with one attached hydrogen (secondary N) is 1. The first-order valence-corrected chi connectivity index (χ1v) is 10.1. The monoisotopic (exact) mass is 433 g/mol. The molecule has 0 amide bonds. The van der Waals surface area contributed by atoms with Crippen molar-refractivity contribution in [2.45, 2.75) is 18.6 Å². The van der Waals surface area contributed by atoms with Crippen molar-refractivity contribution in [1.82, 2.24) is 24.8 Å². The molecular formula is C23H20FN5O3. The van der Waals surface area contributed by atoms with Gasteiger partial charge in [0.2, 0.25) is 0 Å². The molecule has 2 aromatic heterocycles. The van der Waals surface area contributed by atoms with Gasteiger partial charge in [-0.3, -0.25) is 9.36 Å². The number of hydrogen-bond donors (Lipinski definition) is 2. The first-order valence-electron chi connectivity index (χ1n) is 10.1. The maximum atomic E-state index is 15.0. The van der Waals surface area contributed by atoms with E-state index in [0.29, 0.717) is 35.6 Å². The fraction of sp³-hybridized carbons (Fsp3) is 0.217. The van der Waals surface area contributed by atoms with Gasteiger partial charge in [-0.2, -0.15) is 0 Å². The number of nitrogens with zero attached hydrogens (tertiary/aromatic N) is 4. The van der Waals surface area contributed by atoms with E-state index in [-0.39, 0.29) is 23.0 Å². The van der Waals surface area contributed by atoms with Crippen molar-refractivity contribution in [3.63, 3.8) is 0 Å². The SMILES string of the molecule is COc1ncc(-c2c(F)ccc3nc([C@H]4C[C@@H](O)CN4)n(-c4ccccc4)c(=O)c23)cn1. The molecule has 1 saturated heterocycles. The molecule has 0 unspecified atom stereocenters. The molecule has 0 spiro atoms. The lowest BCUT2D eigenvalue weighted by Crippen LogP contribution is -2.29. The van der Waals surface area contributed by atoms with Crippen LogP contribution in [0.15, 0.2) is 59.7 Å². The van der Waals surface area contributed by atoms with Gasteiger partial charge in [0.05, 0.1) is 35.8 Å². The maximum absolute atomic E-state index is 15.0. The van der Waals surface area contributed by atoms with Crippen LogP contribution in [0.25, 0.3) is 27.7 Å². The van der Waals surface area contributed by atoms with E-state index in [1.54, 1.807) is 12.1 Å². The van der Waals surface area contributed by atoms with Crippen LogP contribution in [0.2, 0.25) is 0 Å². The molecule has 2 aromatic carbocycles. The number of halogens is 1. The lowest BCUT2D eigenvalue weighted by molar-refractivity contribution is 0.193. The molecule has 2 atom stereocenters. The number of ether oxygens (including phenoxy) is 1. The van der Waals surface area contributed by atoms with Crippen LogP contribution >= 0.6 is 0 Å². The third kappa shape index (κ3) is 3.41. The van der Waals surface area contributed by atoms with Crippen LogP contribution in [0, 0.1) is 5.82 Å². The Morgan fingerprint density at radius 3 is 2.56 bits per heavy atom. The summed E-state index contributed by atoms with van der Waals surface area (Å²) in [5.74, 6) is -0.110. The Hall–Kier alpha value is -3.69. The number of hydrogen-bond acceptors (Lipinski definition) is 7. The van der Waals surface area contributed by atoms with Gasteiger partial charge in [0.1, 0.15) is 11.6 Å². The highest BCUT2D eigenvalue weighted by Crippen LogP contribution is 2.31. The Balaban J connectivity index is 1.82. The second-order valence-corrected chi connectivity index (χ2v) is 7.57. The average molecular weight is 433 g/mol. The summed E-state index contributed by atoms with van der Waals surface area (Å²) in [5.41, 5.74) is 0.969. The number of methoxy groups -OCH3 is 1. The topological polar surface area (TPSA) is 102 Å². The summed E-state index contributed by atoms with van der Waals surface area (Å²) in [6, 6.07) is 11.7. The van der Waals surface area contributed by atoms with Gasteiger partial charge >= 0.3 is 6.01 Å². The summed E-state index contributed by atoms with van der Waals surface area (Å²) in [6.45, 7) is 0.408. The maximum Gasteiger partial charge on any atom is 0.316 e. The minimum absolute atomic E-state index is 0.0818. The molecule has 0 bridgehead atoms. The van der Waals surface area contributed by atoms with Crippen molar-refractivity contribution in [1.29, 1.82) is 0 Å². The molecule has 0 saturated carbocycles. The molecule has 8 nitrogen and oxygen atoms in total. The molecule has 0 aliphatic carbocycles. The van der Waals surface area contributed by atoms with Crippen LogP contribution < -0.4 is 15.6 Å². The summed E-state index contributed by atoms with van der Waals surface area (Å²) in [6.07, 6.45) is 2.72. The molecule has 3 heterocycles. The number of aliphatic hydroxyl groups is 1. The summed E-state index contributed by atoms with van der Waals surface area (Å²) >= 11 is 0. The molecule has 9 heteroatoms. The fourth-order valence-corrected chi connectivity index (χ4v) is 4.07. The third-order valence-electron chi connectivity index (χ3n) is 5.55. The van der Waals surface area contributed by atoms with E-state index in [1.165, 1.54) is 36.2 Å². The zero-order valence-electron chi connectivity index (χ0n) is 17.2. The van der Waals surface area contributed by atoms with Gasteiger partial charge in [-0.15, -0.1) is 0 Å². The Morgan fingerprint density at radius 1 is 1.16 bits per heavy atom. The molecule has 1 fully saturated rings. The number of benzene rings is 2. The van der Waals surface area contributed by atoms with E-state index < -0.39 is 17.5 Å². The summed E-state index contributed by atoms with van der Waals surface area (Å²) in [7, 11) is 1.44. The average Bonchev–Trinajstić information content (AvgIpc) is 3.26. The van der Waals surface area contributed by atoms with Crippen LogP contribution in [0.1, 0.15) is 18.3 Å². The molecule has 1 aliphatic heterocycles. The van der Waals surface area contributed by atoms with E-state index in [1.807, 2.05) is 18.2 Å². The zero-order valence-corrected chi connectivity index (χ0v) is 17.2. The van der Waals surface area contributed by atoms with Crippen molar-refractivity contribution < 1.29 is 14.2 Å². The van der Waals surface area contributed by atoms with Gasteiger partial charge in [-0.25, -0.2) is 19.3 Å². The van der Waals surface area contributed by atoms with E-state index in [9.17, 15) is 9.90 Å². The number of aromatic nitrogens is 4.